The van der Waals surface area contributed by atoms with E-state index in [9.17, 15) is 4.79 Å². The van der Waals surface area contributed by atoms with Crippen LogP contribution in [0.15, 0.2) is 54.6 Å². The quantitative estimate of drug-likeness (QED) is 0.804. The molecule has 24 heavy (non-hydrogen) atoms. The fourth-order valence-corrected chi connectivity index (χ4v) is 2.97. The highest BCUT2D eigenvalue weighted by Crippen LogP contribution is 2.27. The van der Waals surface area contributed by atoms with Crippen LogP contribution in [0.2, 0.25) is 0 Å². The first kappa shape index (κ1) is 14.9. The summed E-state index contributed by atoms with van der Waals surface area (Å²) in [7, 11) is 0. The van der Waals surface area contributed by atoms with Gasteiger partial charge in [-0.1, -0.05) is 30.3 Å². The highest BCUT2D eigenvalue weighted by Gasteiger charge is 2.40. The third-order valence-electron chi connectivity index (χ3n) is 4.44. The van der Waals surface area contributed by atoms with E-state index in [2.05, 4.69) is 9.88 Å². The fourth-order valence-electron chi connectivity index (χ4n) is 2.97. The molecule has 2 heterocycles. The van der Waals surface area contributed by atoms with Gasteiger partial charge in [-0.2, -0.15) is 0 Å². The number of carbonyl (C=O) groups excluding carboxylic acids is 1. The van der Waals surface area contributed by atoms with E-state index in [0.717, 1.165) is 22.5 Å². The van der Waals surface area contributed by atoms with Crippen molar-refractivity contribution in [3.8, 4) is 5.69 Å². The van der Waals surface area contributed by atoms with Crippen LogP contribution >= 0.6 is 0 Å². The number of para-hydroxylation sites is 3. The number of nitrogens with one attached hydrogen (secondary N) is 1. The van der Waals surface area contributed by atoms with E-state index in [1.165, 1.54) is 0 Å². The van der Waals surface area contributed by atoms with Crippen molar-refractivity contribution >= 4 is 16.9 Å². The number of ether oxygens (including phenoxy) is 1. The Balaban J connectivity index is 1.68. The SMILES string of the molecule is CC1(C(=O)NCc2nc3ccccc3n2-c2ccccc2)COC1. The molecule has 1 aromatic heterocycles. The molecule has 1 N–H and O–H groups in total. The van der Waals surface area contributed by atoms with E-state index >= 15 is 0 Å². The minimum atomic E-state index is -0.413. The van der Waals surface area contributed by atoms with Gasteiger partial charge in [0.25, 0.3) is 0 Å². The average Bonchev–Trinajstić information content (AvgIpc) is 2.96. The highest BCUT2D eigenvalue weighted by atomic mass is 16.5. The Bertz CT molecular complexity index is 882. The second-order valence-corrected chi connectivity index (χ2v) is 6.42. The van der Waals surface area contributed by atoms with Gasteiger partial charge in [-0.15, -0.1) is 0 Å². The Labute approximate surface area is 140 Å². The van der Waals surface area contributed by atoms with E-state index in [4.69, 9.17) is 9.72 Å². The van der Waals surface area contributed by atoms with E-state index in [-0.39, 0.29) is 5.91 Å². The predicted molar refractivity (Wildman–Crippen MR) is 91.8 cm³/mol. The lowest BCUT2D eigenvalue weighted by molar-refractivity contribution is -0.157. The minimum absolute atomic E-state index is 0.0143. The molecule has 0 radical (unpaired) electrons. The molecule has 1 fully saturated rings. The molecule has 1 amide bonds. The topological polar surface area (TPSA) is 56.2 Å². The molecule has 1 aliphatic rings. The van der Waals surface area contributed by atoms with Crippen molar-refractivity contribution in [3.05, 3.63) is 60.4 Å². The molecular formula is C19H19N3O2. The smallest absolute Gasteiger partial charge is 0.230 e. The van der Waals surface area contributed by atoms with Crippen molar-refractivity contribution in [3.63, 3.8) is 0 Å². The molecule has 0 bridgehead atoms. The number of imidazole rings is 1. The number of hydrogen-bond donors (Lipinski definition) is 1. The van der Waals surface area contributed by atoms with Gasteiger partial charge in [-0.3, -0.25) is 9.36 Å². The van der Waals surface area contributed by atoms with Gasteiger partial charge in [0.1, 0.15) is 5.82 Å². The van der Waals surface area contributed by atoms with Gasteiger partial charge in [-0.05, 0) is 31.2 Å². The first-order valence-corrected chi connectivity index (χ1v) is 8.05. The van der Waals surface area contributed by atoms with Gasteiger partial charge in [0, 0.05) is 5.69 Å². The van der Waals surface area contributed by atoms with Crippen LogP contribution in [0.25, 0.3) is 16.7 Å². The van der Waals surface area contributed by atoms with Crippen LogP contribution < -0.4 is 5.32 Å². The van der Waals surface area contributed by atoms with Crippen LogP contribution in [-0.4, -0.2) is 28.7 Å². The Hall–Kier alpha value is -2.66. The number of fused-ring (bicyclic) bond motifs is 1. The first-order valence-electron chi connectivity index (χ1n) is 8.05. The van der Waals surface area contributed by atoms with Crippen LogP contribution in [0.4, 0.5) is 0 Å². The normalized spacial score (nSPS) is 15.9. The Morgan fingerprint density at radius 1 is 1.17 bits per heavy atom. The summed E-state index contributed by atoms with van der Waals surface area (Å²) in [5, 5.41) is 3.01. The molecule has 2 aromatic carbocycles. The van der Waals surface area contributed by atoms with Crippen molar-refractivity contribution in [2.75, 3.05) is 13.2 Å². The lowest BCUT2D eigenvalue weighted by atomic mass is 9.88. The Morgan fingerprint density at radius 3 is 2.58 bits per heavy atom. The molecule has 0 saturated carbocycles. The number of aromatic nitrogens is 2. The van der Waals surface area contributed by atoms with E-state index < -0.39 is 5.41 Å². The summed E-state index contributed by atoms with van der Waals surface area (Å²) in [5.74, 6) is 0.833. The lowest BCUT2D eigenvalue weighted by Gasteiger charge is -2.36. The molecule has 0 spiro atoms. The number of carbonyl (C=O) groups is 1. The third kappa shape index (κ3) is 2.47. The van der Waals surface area contributed by atoms with E-state index in [1.807, 2.05) is 61.5 Å². The van der Waals surface area contributed by atoms with Gasteiger partial charge in [0.2, 0.25) is 5.91 Å². The second-order valence-electron chi connectivity index (χ2n) is 6.42. The molecule has 4 rings (SSSR count). The van der Waals surface area contributed by atoms with Gasteiger partial charge in [0.15, 0.2) is 0 Å². The van der Waals surface area contributed by atoms with Gasteiger partial charge in [0.05, 0.1) is 36.2 Å². The predicted octanol–water partition coefficient (Wildman–Crippen LogP) is 2.68. The van der Waals surface area contributed by atoms with Crippen LogP contribution in [-0.2, 0) is 16.1 Å². The number of nitrogens with zero attached hydrogens (tertiary/aromatic N) is 2. The van der Waals surface area contributed by atoms with Gasteiger partial charge in [-0.25, -0.2) is 4.98 Å². The van der Waals surface area contributed by atoms with Crippen LogP contribution in [0.5, 0.6) is 0 Å². The third-order valence-corrected chi connectivity index (χ3v) is 4.44. The zero-order valence-electron chi connectivity index (χ0n) is 13.5. The van der Waals surface area contributed by atoms with Crippen molar-refractivity contribution in [2.45, 2.75) is 13.5 Å². The standard InChI is InChI=1S/C19H19N3O2/c1-19(12-24-13-19)18(23)20-11-17-21-15-9-5-6-10-16(15)22(17)14-7-3-2-4-8-14/h2-10H,11-13H2,1H3,(H,20,23). The molecule has 122 valence electrons. The largest absolute Gasteiger partial charge is 0.379 e. The maximum atomic E-state index is 12.4. The minimum Gasteiger partial charge on any atom is -0.379 e. The Morgan fingerprint density at radius 2 is 1.88 bits per heavy atom. The summed E-state index contributed by atoms with van der Waals surface area (Å²) in [5.41, 5.74) is 2.58. The maximum Gasteiger partial charge on any atom is 0.230 e. The van der Waals surface area contributed by atoms with Crippen LogP contribution in [0.1, 0.15) is 12.7 Å². The van der Waals surface area contributed by atoms with Crippen molar-refractivity contribution in [1.82, 2.24) is 14.9 Å². The summed E-state index contributed by atoms with van der Waals surface area (Å²) in [6.07, 6.45) is 0. The first-order chi connectivity index (χ1) is 11.7. The number of rotatable bonds is 4. The summed E-state index contributed by atoms with van der Waals surface area (Å²) in [6, 6.07) is 18.1. The maximum absolute atomic E-state index is 12.4. The second kappa shape index (κ2) is 5.76. The highest BCUT2D eigenvalue weighted by molar-refractivity contribution is 5.83. The molecule has 0 unspecified atom stereocenters. The molecule has 1 aliphatic heterocycles. The van der Waals surface area contributed by atoms with E-state index in [1.54, 1.807) is 0 Å². The van der Waals surface area contributed by atoms with Crippen molar-refractivity contribution < 1.29 is 9.53 Å². The molecular weight excluding hydrogens is 302 g/mol. The number of hydrogen-bond acceptors (Lipinski definition) is 3. The van der Waals surface area contributed by atoms with Crippen molar-refractivity contribution in [1.29, 1.82) is 0 Å². The summed E-state index contributed by atoms with van der Waals surface area (Å²) in [6.45, 7) is 3.27. The summed E-state index contributed by atoms with van der Waals surface area (Å²) in [4.78, 5) is 17.1. The fraction of sp³-hybridized carbons (Fsp3) is 0.263. The zero-order valence-corrected chi connectivity index (χ0v) is 13.5. The molecule has 5 nitrogen and oxygen atoms in total. The number of benzene rings is 2. The zero-order chi connectivity index (χ0) is 16.6. The van der Waals surface area contributed by atoms with Crippen LogP contribution in [0.3, 0.4) is 0 Å². The average molecular weight is 321 g/mol. The van der Waals surface area contributed by atoms with Gasteiger partial charge < -0.3 is 10.1 Å². The molecule has 1 saturated heterocycles. The monoisotopic (exact) mass is 321 g/mol. The molecule has 5 heteroatoms. The number of amides is 1. The summed E-state index contributed by atoms with van der Waals surface area (Å²) < 4.78 is 7.26. The van der Waals surface area contributed by atoms with Gasteiger partial charge >= 0.3 is 0 Å². The lowest BCUT2D eigenvalue weighted by Crippen LogP contribution is -2.51. The summed E-state index contributed by atoms with van der Waals surface area (Å²) >= 11 is 0. The van der Waals surface area contributed by atoms with Crippen LogP contribution in [0, 0.1) is 5.41 Å². The molecule has 3 aromatic rings. The van der Waals surface area contributed by atoms with Crippen molar-refractivity contribution in [2.24, 2.45) is 5.41 Å². The molecule has 0 aliphatic carbocycles. The van der Waals surface area contributed by atoms with E-state index in [0.29, 0.717) is 19.8 Å². The molecule has 0 atom stereocenters. The Kier molecular flexibility index (Phi) is 3.58.